The van der Waals surface area contributed by atoms with E-state index in [0.717, 1.165) is 31.7 Å². The van der Waals surface area contributed by atoms with E-state index in [2.05, 4.69) is 59.7 Å². The minimum absolute atomic E-state index is 0.00735. The fourth-order valence-electron chi connectivity index (χ4n) is 2.81. The Bertz CT molecular complexity index is 571. The molecule has 0 saturated carbocycles. The Balaban J connectivity index is 3.16. The van der Waals surface area contributed by atoms with Crippen LogP contribution in [-0.2, 0) is 15.6 Å². The van der Waals surface area contributed by atoms with Gasteiger partial charge in [-0.15, -0.1) is 0 Å². The Morgan fingerprint density at radius 2 is 1.52 bits per heavy atom. The maximum absolute atomic E-state index is 12.3. The van der Waals surface area contributed by atoms with Gasteiger partial charge in [-0.1, -0.05) is 53.7 Å². The standard InChI is InChI=1S/C22H37NO2/c1-9-21(5,6)17-13-14-19(18(15-17)22(7,8)10-2)25-16-20(24)23(11-3)12-4/h13-15H,9-12,16H2,1-8H3. The Hall–Kier alpha value is -1.51. The molecular weight excluding hydrogens is 310 g/mol. The molecule has 0 aliphatic carbocycles. The van der Waals surface area contributed by atoms with Gasteiger partial charge in [0.15, 0.2) is 6.61 Å². The topological polar surface area (TPSA) is 29.5 Å². The van der Waals surface area contributed by atoms with Gasteiger partial charge in [0.2, 0.25) is 0 Å². The van der Waals surface area contributed by atoms with Crippen LogP contribution in [0.2, 0.25) is 0 Å². The zero-order valence-corrected chi connectivity index (χ0v) is 17.5. The van der Waals surface area contributed by atoms with Crippen molar-refractivity contribution in [2.75, 3.05) is 19.7 Å². The third kappa shape index (κ3) is 5.23. The van der Waals surface area contributed by atoms with Gasteiger partial charge < -0.3 is 9.64 Å². The van der Waals surface area contributed by atoms with E-state index in [9.17, 15) is 4.79 Å². The van der Waals surface area contributed by atoms with Gasteiger partial charge in [-0.2, -0.15) is 0 Å². The highest BCUT2D eigenvalue weighted by Gasteiger charge is 2.27. The molecule has 0 unspecified atom stereocenters. The largest absolute Gasteiger partial charge is 0.483 e. The van der Waals surface area contributed by atoms with Gasteiger partial charge >= 0.3 is 0 Å². The molecule has 0 aromatic heterocycles. The highest BCUT2D eigenvalue weighted by Crippen LogP contribution is 2.38. The van der Waals surface area contributed by atoms with E-state index in [1.807, 2.05) is 13.8 Å². The normalized spacial score (nSPS) is 12.2. The van der Waals surface area contributed by atoms with E-state index in [0.29, 0.717) is 0 Å². The van der Waals surface area contributed by atoms with Gasteiger partial charge in [0.25, 0.3) is 5.91 Å². The molecule has 0 radical (unpaired) electrons. The van der Waals surface area contributed by atoms with Gasteiger partial charge in [-0.3, -0.25) is 4.79 Å². The van der Waals surface area contributed by atoms with Gasteiger partial charge in [0, 0.05) is 18.7 Å². The second-order valence-corrected chi connectivity index (χ2v) is 8.04. The minimum atomic E-state index is 0.00735. The molecule has 0 fully saturated rings. The summed E-state index contributed by atoms with van der Waals surface area (Å²) in [5.74, 6) is 0.881. The van der Waals surface area contributed by atoms with Crippen LogP contribution in [0.15, 0.2) is 18.2 Å². The second kappa shape index (κ2) is 8.73. The van der Waals surface area contributed by atoms with Crippen molar-refractivity contribution >= 4 is 5.91 Å². The van der Waals surface area contributed by atoms with Crippen LogP contribution in [0.25, 0.3) is 0 Å². The summed E-state index contributed by atoms with van der Waals surface area (Å²) in [5.41, 5.74) is 2.66. The molecule has 0 N–H and O–H groups in total. The molecule has 1 amide bonds. The first kappa shape index (κ1) is 21.5. The van der Waals surface area contributed by atoms with Gasteiger partial charge in [-0.25, -0.2) is 0 Å². The van der Waals surface area contributed by atoms with Crippen LogP contribution in [0.1, 0.15) is 79.4 Å². The van der Waals surface area contributed by atoms with E-state index in [-0.39, 0.29) is 23.3 Å². The smallest absolute Gasteiger partial charge is 0.260 e. The number of amides is 1. The molecule has 0 spiro atoms. The molecule has 3 nitrogen and oxygen atoms in total. The number of benzene rings is 1. The SMILES string of the molecule is CCN(CC)C(=O)COc1ccc(C(C)(C)CC)cc1C(C)(C)CC. The molecule has 1 aromatic carbocycles. The van der Waals surface area contributed by atoms with Crippen LogP contribution in [0.5, 0.6) is 5.75 Å². The van der Waals surface area contributed by atoms with Crippen LogP contribution in [0.4, 0.5) is 0 Å². The van der Waals surface area contributed by atoms with Crippen molar-refractivity contribution in [3.05, 3.63) is 29.3 Å². The number of hydrogen-bond donors (Lipinski definition) is 0. The first-order valence-corrected chi connectivity index (χ1v) is 9.68. The van der Waals surface area contributed by atoms with Crippen molar-refractivity contribution in [2.24, 2.45) is 0 Å². The third-order valence-electron chi connectivity index (χ3n) is 5.73. The number of carbonyl (C=O) groups excluding carboxylic acids is 1. The van der Waals surface area contributed by atoms with E-state index < -0.39 is 0 Å². The zero-order chi connectivity index (χ0) is 19.3. The summed E-state index contributed by atoms with van der Waals surface area (Å²) in [6, 6.07) is 6.48. The molecule has 1 aromatic rings. The minimum Gasteiger partial charge on any atom is -0.483 e. The van der Waals surface area contributed by atoms with Crippen molar-refractivity contribution in [3.8, 4) is 5.75 Å². The van der Waals surface area contributed by atoms with Crippen LogP contribution < -0.4 is 4.74 Å². The Morgan fingerprint density at radius 3 is 2.00 bits per heavy atom. The summed E-state index contributed by atoms with van der Waals surface area (Å²) in [6.07, 6.45) is 2.10. The fraction of sp³-hybridized carbons (Fsp3) is 0.682. The highest BCUT2D eigenvalue weighted by atomic mass is 16.5. The third-order valence-corrected chi connectivity index (χ3v) is 5.73. The lowest BCUT2D eigenvalue weighted by atomic mass is 9.76. The van der Waals surface area contributed by atoms with E-state index >= 15 is 0 Å². The van der Waals surface area contributed by atoms with E-state index in [4.69, 9.17) is 4.74 Å². The fourth-order valence-corrected chi connectivity index (χ4v) is 2.81. The Morgan fingerprint density at radius 1 is 0.960 bits per heavy atom. The van der Waals surface area contributed by atoms with Crippen LogP contribution in [0.3, 0.4) is 0 Å². The summed E-state index contributed by atoms with van der Waals surface area (Å²) >= 11 is 0. The molecule has 0 aliphatic rings. The second-order valence-electron chi connectivity index (χ2n) is 8.04. The molecule has 0 saturated heterocycles. The Kier molecular flexibility index (Phi) is 7.52. The number of likely N-dealkylation sites (N-methyl/N-ethyl adjacent to an activating group) is 1. The summed E-state index contributed by atoms with van der Waals surface area (Å²) in [6.45, 7) is 19.0. The summed E-state index contributed by atoms with van der Waals surface area (Å²) < 4.78 is 5.98. The van der Waals surface area contributed by atoms with Crippen LogP contribution >= 0.6 is 0 Å². The molecule has 0 bridgehead atoms. The van der Waals surface area contributed by atoms with E-state index in [1.165, 1.54) is 11.1 Å². The quantitative estimate of drug-likeness (QED) is 0.606. The number of nitrogens with zero attached hydrogens (tertiary/aromatic N) is 1. The Labute approximate surface area is 154 Å². The zero-order valence-electron chi connectivity index (χ0n) is 17.5. The molecule has 0 aliphatic heterocycles. The van der Waals surface area contributed by atoms with Crippen LogP contribution in [-0.4, -0.2) is 30.5 Å². The van der Waals surface area contributed by atoms with Gasteiger partial charge in [-0.05, 0) is 49.1 Å². The number of rotatable bonds is 9. The first-order valence-electron chi connectivity index (χ1n) is 9.68. The summed E-state index contributed by atoms with van der Waals surface area (Å²) in [7, 11) is 0. The highest BCUT2D eigenvalue weighted by molar-refractivity contribution is 5.77. The maximum Gasteiger partial charge on any atom is 0.260 e. The predicted octanol–water partition coefficient (Wildman–Crippen LogP) is 5.31. The average Bonchev–Trinajstić information content (AvgIpc) is 2.60. The van der Waals surface area contributed by atoms with Crippen molar-refractivity contribution in [1.82, 2.24) is 4.90 Å². The lowest BCUT2D eigenvalue weighted by Gasteiger charge is -2.30. The number of hydrogen-bond acceptors (Lipinski definition) is 2. The number of ether oxygens (including phenoxy) is 1. The molecule has 3 heteroatoms. The van der Waals surface area contributed by atoms with Gasteiger partial charge in [0.1, 0.15) is 5.75 Å². The number of carbonyl (C=O) groups is 1. The predicted molar refractivity (Wildman–Crippen MR) is 106 cm³/mol. The van der Waals surface area contributed by atoms with Crippen molar-refractivity contribution in [3.63, 3.8) is 0 Å². The van der Waals surface area contributed by atoms with Crippen molar-refractivity contribution in [2.45, 2.75) is 79.1 Å². The molecule has 25 heavy (non-hydrogen) atoms. The summed E-state index contributed by atoms with van der Waals surface area (Å²) in [5, 5.41) is 0. The lowest BCUT2D eigenvalue weighted by molar-refractivity contribution is -0.133. The molecule has 0 heterocycles. The molecule has 0 atom stereocenters. The lowest BCUT2D eigenvalue weighted by Crippen LogP contribution is -2.34. The van der Waals surface area contributed by atoms with Gasteiger partial charge in [0.05, 0.1) is 0 Å². The molecule has 142 valence electrons. The first-order chi connectivity index (χ1) is 11.6. The molecule has 1 rings (SSSR count). The molecular formula is C22H37NO2. The maximum atomic E-state index is 12.3. The average molecular weight is 348 g/mol. The summed E-state index contributed by atoms with van der Waals surface area (Å²) in [4.78, 5) is 14.1. The monoisotopic (exact) mass is 347 g/mol. The van der Waals surface area contributed by atoms with Crippen LogP contribution in [0, 0.1) is 0 Å². The van der Waals surface area contributed by atoms with E-state index in [1.54, 1.807) is 4.90 Å². The van der Waals surface area contributed by atoms with Crippen molar-refractivity contribution < 1.29 is 9.53 Å². The van der Waals surface area contributed by atoms with Crippen molar-refractivity contribution in [1.29, 1.82) is 0 Å².